The maximum atomic E-state index is 5.81. The van der Waals surface area contributed by atoms with Gasteiger partial charge < -0.3 is 4.43 Å². The van der Waals surface area contributed by atoms with Crippen LogP contribution in [-0.2, 0) is 4.43 Å². The Bertz CT molecular complexity index is 319. The molecule has 0 atom stereocenters. The van der Waals surface area contributed by atoms with Gasteiger partial charge in [0.2, 0.25) is 8.32 Å². The Kier molecular flexibility index (Phi) is 3.16. The van der Waals surface area contributed by atoms with Crippen molar-refractivity contribution in [3.63, 3.8) is 0 Å². The molecular weight excluding hydrogens is 188 g/mol. The molecule has 0 heterocycles. The average molecular weight is 206 g/mol. The van der Waals surface area contributed by atoms with Gasteiger partial charge in [-0.05, 0) is 26.6 Å². The molecule has 76 valence electrons. The van der Waals surface area contributed by atoms with Crippen LogP contribution < -0.4 is 0 Å². The number of hydrogen-bond acceptors (Lipinski definition) is 1. The van der Waals surface area contributed by atoms with Crippen LogP contribution >= 0.6 is 0 Å². The summed E-state index contributed by atoms with van der Waals surface area (Å²) < 4.78 is 5.81. The lowest BCUT2D eigenvalue weighted by molar-refractivity contribution is 0.516. The quantitative estimate of drug-likeness (QED) is 0.539. The Balaban J connectivity index is 2.76. The topological polar surface area (TPSA) is 9.23 Å². The van der Waals surface area contributed by atoms with E-state index in [1.165, 1.54) is 5.56 Å². The molecule has 0 spiro atoms. The maximum Gasteiger partial charge on any atom is 0.242 e. The van der Waals surface area contributed by atoms with Gasteiger partial charge in [-0.3, -0.25) is 0 Å². The smallest absolute Gasteiger partial charge is 0.242 e. The van der Waals surface area contributed by atoms with Crippen molar-refractivity contribution in [2.45, 2.75) is 26.6 Å². The molecule has 2 heteroatoms. The summed E-state index contributed by atoms with van der Waals surface area (Å²) in [4.78, 5) is 0. The molecule has 0 fully saturated rings. The van der Waals surface area contributed by atoms with Gasteiger partial charge in [-0.15, -0.1) is 0 Å². The third-order valence-electron chi connectivity index (χ3n) is 1.80. The van der Waals surface area contributed by atoms with E-state index in [0.29, 0.717) is 0 Å². The van der Waals surface area contributed by atoms with E-state index in [4.69, 9.17) is 4.43 Å². The highest BCUT2D eigenvalue weighted by atomic mass is 28.4. The summed E-state index contributed by atoms with van der Waals surface area (Å²) in [7, 11) is -1.52. The van der Waals surface area contributed by atoms with Crippen molar-refractivity contribution in [1.29, 1.82) is 0 Å². The predicted octanol–water partition coefficient (Wildman–Crippen LogP) is 3.82. The number of hydrogen-bond donors (Lipinski definition) is 0. The zero-order valence-corrected chi connectivity index (χ0v) is 10.4. The summed E-state index contributed by atoms with van der Waals surface area (Å²) >= 11 is 0. The molecule has 0 saturated heterocycles. The summed E-state index contributed by atoms with van der Waals surface area (Å²) in [5, 5.41) is 0. The minimum Gasteiger partial charge on any atom is -0.544 e. The Morgan fingerprint density at radius 3 is 2.07 bits per heavy atom. The maximum absolute atomic E-state index is 5.81. The monoisotopic (exact) mass is 206 g/mol. The molecule has 0 aromatic heterocycles. The summed E-state index contributed by atoms with van der Waals surface area (Å²) in [5.74, 6) is 0.796. The molecule has 0 aliphatic rings. The molecule has 0 N–H and O–H groups in total. The molecule has 1 aromatic carbocycles. The van der Waals surface area contributed by atoms with E-state index in [9.17, 15) is 0 Å². The molecule has 0 unspecified atom stereocenters. The minimum atomic E-state index is -1.52. The SMILES string of the molecule is C=C(O[Si](C)(C)C)c1ccc(C)cc1. The van der Waals surface area contributed by atoms with E-state index in [2.05, 4.69) is 57.4 Å². The lowest BCUT2D eigenvalue weighted by atomic mass is 10.1. The normalized spacial score (nSPS) is 11.1. The van der Waals surface area contributed by atoms with Crippen LogP contribution in [0.25, 0.3) is 5.76 Å². The van der Waals surface area contributed by atoms with E-state index in [0.717, 1.165) is 11.3 Å². The third kappa shape index (κ3) is 3.38. The van der Waals surface area contributed by atoms with Gasteiger partial charge in [0.1, 0.15) is 5.76 Å². The van der Waals surface area contributed by atoms with E-state index < -0.39 is 8.32 Å². The Hall–Kier alpha value is -1.02. The number of rotatable bonds is 3. The molecule has 0 radical (unpaired) electrons. The lowest BCUT2D eigenvalue weighted by Gasteiger charge is -2.21. The van der Waals surface area contributed by atoms with Gasteiger partial charge in [-0.1, -0.05) is 36.4 Å². The van der Waals surface area contributed by atoms with Gasteiger partial charge in [-0.2, -0.15) is 0 Å². The van der Waals surface area contributed by atoms with Crippen LogP contribution in [0.5, 0.6) is 0 Å². The van der Waals surface area contributed by atoms with Gasteiger partial charge in [0, 0.05) is 5.56 Å². The van der Waals surface area contributed by atoms with Gasteiger partial charge in [0.05, 0.1) is 0 Å². The fourth-order valence-electron chi connectivity index (χ4n) is 1.17. The molecule has 0 bridgehead atoms. The van der Waals surface area contributed by atoms with E-state index in [1.807, 2.05) is 0 Å². The van der Waals surface area contributed by atoms with Crippen molar-refractivity contribution in [1.82, 2.24) is 0 Å². The first-order chi connectivity index (χ1) is 6.38. The second kappa shape index (κ2) is 4.01. The molecular formula is C12H18OSi. The fraction of sp³-hybridized carbons (Fsp3) is 0.333. The van der Waals surface area contributed by atoms with Crippen molar-refractivity contribution in [2.75, 3.05) is 0 Å². The van der Waals surface area contributed by atoms with Crippen molar-refractivity contribution in [3.8, 4) is 0 Å². The van der Waals surface area contributed by atoms with Gasteiger partial charge in [0.15, 0.2) is 0 Å². The van der Waals surface area contributed by atoms with Gasteiger partial charge in [-0.25, -0.2) is 0 Å². The standard InChI is InChI=1S/C12H18OSi/c1-10-6-8-12(9-7-10)11(2)13-14(3,4)5/h6-9H,2H2,1,3-5H3. The summed E-state index contributed by atoms with van der Waals surface area (Å²) in [5.41, 5.74) is 2.34. The van der Waals surface area contributed by atoms with Crippen molar-refractivity contribution >= 4 is 14.1 Å². The van der Waals surface area contributed by atoms with Crippen LogP contribution in [0.2, 0.25) is 19.6 Å². The lowest BCUT2D eigenvalue weighted by Crippen LogP contribution is -2.24. The van der Waals surface area contributed by atoms with Crippen LogP contribution in [0.4, 0.5) is 0 Å². The van der Waals surface area contributed by atoms with E-state index in [1.54, 1.807) is 0 Å². The van der Waals surface area contributed by atoms with Crippen LogP contribution in [0.1, 0.15) is 11.1 Å². The van der Waals surface area contributed by atoms with Gasteiger partial charge in [0.25, 0.3) is 0 Å². The fourth-order valence-corrected chi connectivity index (χ4v) is 2.03. The van der Waals surface area contributed by atoms with Crippen molar-refractivity contribution < 1.29 is 4.43 Å². The van der Waals surface area contributed by atoms with Gasteiger partial charge >= 0.3 is 0 Å². The molecule has 14 heavy (non-hydrogen) atoms. The second-order valence-electron chi connectivity index (χ2n) is 4.50. The zero-order chi connectivity index (χ0) is 10.8. The predicted molar refractivity (Wildman–Crippen MR) is 64.6 cm³/mol. The molecule has 1 nitrogen and oxygen atoms in total. The third-order valence-corrected chi connectivity index (χ3v) is 2.66. The highest BCUT2D eigenvalue weighted by Crippen LogP contribution is 2.19. The van der Waals surface area contributed by atoms with Crippen LogP contribution in [0.3, 0.4) is 0 Å². The first-order valence-electron chi connectivity index (χ1n) is 4.83. The highest BCUT2D eigenvalue weighted by molar-refractivity contribution is 6.70. The minimum absolute atomic E-state index is 0.796. The van der Waals surface area contributed by atoms with Crippen molar-refractivity contribution in [2.24, 2.45) is 0 Å². The Morgan fingerprint density at radius 1 is 1.14 bits per heavy atom. The summed E-state index contributed by atoms with van der Waals surface area (Å²) in [6.07, 6.45) is 0. The summed E-state index contributed by atoms with van der Waals surface area (Å²) in [6.45, 7) is 12.5. The first kappa shape index (κ1) is 11.1. The zero-order valence-electron chi connectivity index (χ0n) is 9.42. The molecule has 0 saturated carbocycles. The van der Waals surface area contributed by atoms with E-state index >= 15 is 0 Å². The Morgan fingerprint density at radius 2 is 1.64 bits per heavy atom. The average Bonchev–Trinajstić information content (AvgIpc) is 2.02. The number of benzene rings is 1. The first-order valence-corrected chi connectivity index (χ1v) is 8.24. The second-order valence-corrected chi connectivity index (χ2v) is 8.93. The highest BCUT2D eigenvalue weighted by Gasteiger charge is 2.17. The number of aryl methyl sites for hydroxylation is 1. The van der Waals surface area contributed by atoms with E-state index in [-0.39, 0.29) is 0 Å². The molecule has 0 amide bonds. The summed E-state index contributed by atoms with van der Waals surface area (Å²) in [6, 6.07) is 8.26. The van der Waals surface area contributed by atoms with Crippen LogP contribution in [-0.4, -0.2) is 8.32 Å². The molecule has 1 aromatic rings. The van der Waals surface area contributed by atoms with Crippen molar-refractivity contribution in [3.05, 3.63) is 42.0 Å². The molecule has 0 aliphatic heterocycles. The largest absolute Gasteiger partial charge is 0.544 e. The van der Waals surface area contributed by atoms with Crippen LogP contribution in [0, 0.1) is 6.92 Å². The Labute approximate surface area is 87.5 Å². The molecule has 1 rings (SSSR count). The van der Waals surface area contributed by atoms with Crippen LogP contribution in [0.15, 0.2) is 30.8 Å². The molecule has 0 aliphatic carbocycles.